The van der Waals surface area contributed by atoms with Gasteiger partial charge in [0.05, 0.1) is 0 Å². The number of nitrogens with zero attached hydrogens (tertiary/aromatic N) is 1. The Bertz CT molecular complexity index is 339. The van der Waals surface area contributed by atoms with Crippen LogP contribution >= 0.6 is 11.8 Å². The van der Waals surface area contributed by atoms with Gasteiger partial charge in [-0.15, -0.1) is 0 Å². The minimum atomic E-state index is -0.948. The van der Waals surface area contributed by atoms with Crippen LogP contribution in [0.15, 0.2) is 18.3 Å². The molecule has 0 amide bonds. The molecule has 4 heteroatoms. The highest BCUT2D eigenvalue weighted by Crippen LogP contribution is 2.17. The summed E-state index contributed by atoms with van der Waals surface area (Å²) in [7, 11) is 0. The monoisotopic (exact) mass is 225 g/mol. The second kappa shape index (κ2) is 5.75. The average Bonchev–Trinajstić information content (AvgIpc) is 2.17. The molecule has 0 atom stereocenters. The van der Waals surface area contributed by atoms with Crippen molar-refractivity contribution in [1.82, 2.24) is 4.98 Å². The van der Waals surface area contributed by atoms with E-state index in [1.54, 1.807) is 17.8 Å². The first-order chi connectivity index (χ1) is 7.11. The lowest BCUT2D eigenvalue weighted by atomic mass is 10.2. The van der Waals surface area contributed by atoms with Crippen molar-refractivity contribution >= 4 is 17.7 Å². The molecule has 0 spiro atoms. The minimum absolute atomic E-state index is 0.175. The van der Waals surface area contributed by atoms with Crippen molar-refractivity contribution in [2.24, 2.45) is 5.92 Å². The number of carboxylic acid groups (broad SMARTS) is 1. The number of pyridine rings is 1. The van der Waals surface area contributed by atoms with Crippen LogP contribution in [-0.2, 0) is 5.75 Å². The van der Waals surface area contributed by atoms with Gasteiger partial charge in [-0.05, 0) is 23.3 Å². The smallest absolute Gasteiger partial charge is 0.354 e. The van der Waals surface area contributed by atoms with E-state index in [1.165, 1.54) is 6.20 Å². The van der Waals surface area contributed by atoms with Crippen molar-refractivity contribution in [3.05, 3.63) is 29.6 Å². The molecule has 0 aliphatic heterocycles. The number of aromatic carboxylic acids is 1. The Morgan fingerprint density at radius 1 is 1.60 bits per heavy atom. The second-order valence-corrected chi connectivity index (χ2v) is 4.76. The first-order valence-corrected chi connectivity index (χ1v) is 6.01. The SMILES string of the molecule is CC(C)CSCc1cccnc1C(=O)O. The Balaban J connectivity index is 2.63. The predicted octanol–water partition coefficient (Wildman–Crippen LogP) is 2.67. The van der Waals surface area contributed by atoms with Crippen LogP contribution in [0.1, 0.15) is 29.9 Å². The second-order valence-electron chi connectivity index (χ2n) is 3.73. The van der Waals surface area contributed by atoms with Crippen LogP contribution in [0.25, 0.3) is 0 Å². The van der Waals surface area contributed by atoms with Gasteiger partial charge in [0.15, 0.2) is 5.69 Å². The minimum Gasteiger partial charge on any atom is -0.477 e. The first kappa shape index (κ1) is 12.0. The van der Waals surface area contributed by atoms with E-state index in [9.17, 15) is 4.79 Å². The molecule has 0 saturated carbocycles. The molecule has 82 valence electrons. The van der Waals surface area contributed by atoms with Crippen molar-refractivity contribution in [1.29, 1.82) is 0 Å². The summed E-state index contributed by atoms with van der Waals surface area (Å²) in [6, 6.07) is 3.60. The Morgan fingerprint density at radius 3 is 2.93 bits per heavy atom. The maximum absolute atomic E-state index is 10.8. The van der Waals surface area contributed by atoms with Gasteiger partial charge < -0.3 is 5.11 Å². The Kier molecular flexibility index (Phi) is 4.62. The van der Waals surface area contributed by atoms with E-state index in [0.717, 1.165) is 11.3 Å². The lowest BCUT2D eigenvalue weighted by molar-refractivity contribution is 0.0689. The van der Waals surface area contributed by atoms with E-state index in [4.69, 9.17) is 5.11 Å². The number of aromatic nitrogens is 1. The zero-order valence-corrected chi connectivity index (χ0v) is 9.75. The van der Waals surface area contributed by atoms with E-state index in [0.29, 0.717) is 11.7 Å². The molecule has 15 heavy (non-hydrogen) atoms. The molecular formula is C11H15NO2S. The van der Waals surface area contributed by atoms with Crippen molar-refractivity contribution in [3.63, 3.8) is 0 Å². The molecule has 1 heterocycles. The molecule has 0 fully saturated rings. The standard InChI is InChI=1S/C11H15NO2S/c1-8(2)6-15-7-9-4-3-5-12-10(9)11(13)14/h3-5,8H,6-7H2,1-2H3,(H,13,14). The summed E-state index contributed by atoms with van der Waals surface area (Å²) in [6.07, 6.45) is 1.51. The fourth-order valence-corrected chi connectivity index (χ4v) is 2.19. The number of hydrogen-bond donors (Lipinski definition) is 1. The molecule has 0 aliphatic carbocycles. The van der Waals surface area contributed by atoms with Gasteiger partial charge in [-0.3, -0.25) is 0 Å². The highest BCUT2D eigenvalue weighted by molar-refractivity contribution is 7.98. The Labute approximate surface area is 93.9 Å². The summed E-state index contributed by atoms with van der Waals surface area (Å²) >= 11 is 1.74. The topological polar surface area (TPSA) is 50.2 Å². The summed E-state index contributed by atoms with van der Waals surface area (Å²) < 4.78 is 0. The van der Waals surface area contributed by atoms with Gasteiger partial charge in [0.2, 0.25) is 0 Å². The van der Waals surface area contributed by atoms with Gasteiger partial charge in [0, 0.05) is 11.9 Å². The predicted molar refractivity (Wildman–Crippen MR) is 62.2 cm³/mol. The van der Waals surface area contributed by atoms with Crippen molar-refractivity contribution in [2.45, 2.75) is 19.6 Å². The zero-order chi connectivity index (χ0) is 11.3. The van der Waals surface area contributed by atoms with Crippen LogP contribution in [0, 0.1) is 5.92 Å². The summed E-state index contributed by atoms with van der Waals surface area (Å²) in [5.74, 6) is 1.43. The van der Waals surface area contributed by atoms with E-state index < -0.39 is 5.97 Å². The van der Waals surface area contributed by atoms with Crippen molar-refractivity contribution in [3.8, 4) is 0 Å². The largest absolute Gasteiger partial charge is 0.477 e. The van der Waals surface area contributed by atoms with Gasteiger partial charge in [0.25, 0.3) is 0 Å². The molecule has 0 aliphatic rings. The maximum atomic E-state index is 10.8. The van der Waals surface area contributed by atoms with Gasteiger partial charge in [0.1, 0.15) is 0 Å². The number of hydrogen-bond acceptors (Lipinski definition) is 3. The van der Waals surface area contributed by atoms with Gasteiger partial charge >= 0.3 is 5.97 Å². The van der Waals surface area contributed by atoms with E-state index in [-0.39, 0.29) is 5.69 Å². The molecule has 0 unspecified atom stereocenters. The molecule has 1 aromatic heterocycles. The van der Waals surface area contributed by atoms with E-state index in [1.807, 2.05) is 6.07 Å². The van der Waals surface area contributed by atoms with E-state index >= 15 is 0 Å². The molecule has 1 rings (SSSR count). The van der Waals surface area contributed by atoms with Crippen LogP contribution in [0.4, 0.5) is 0 Å². The normalized spacial score (nSPS) is 10.6. The molecule has 1 N–H and O–H groups in total. The lowest BCUT2D eigenvalue weighted by Gasteiger charge is -2.06. The third kappa shape index (κ3) is 3.91. The maximum Gasteiger partial charge on any atom is 0.354 e. The third-order valence-electron chi connectivity index (χ3n) is 1.80. The average molecular weight is 225 g/mol. The van der Waals surface area contributed by atoms with Crippen LogP contribution in [-0.4, -0.2) is 21.8 Å². The molecule has 0 aromatic carbocycles. The highest BCUT2D eigenvalue weighted by Gasteiger charge is 2.10. The van der Waals surface area contributed by atoms with Crippen LogP contribution < -0.4 is 0 Å². The fourth-order valence-electron chi connectivity index (χ4n) is 1.15. The Hall–Kier alpha value is -1.03. The molecule has 1 aromatic rings. The zero-order valence-electron chi connectivity index (χ0n) is 8.93. The number of carbonyl (C=O) groups is 1. The molecule has 0 radical (unpaired) electrons. The summed E-state index contributed by atoms with van der Waals surface area (Å²) in [4.78, 5) is 14.7. The van der Waals surface area contributed by atoms with Gasteiger partial charge in [-0.1, -0.05) is 19.9 Å². The first-order valence-electron chi connectivity index (χ1n) is 4.86. The van der Waals surface area contributed by atoms with Crippen molar-refractivity contribution in [2.75, 3.05) is 5.75 Å². The van der Waals surface area contributed by atoms with E-state index in [2.05, 4.69) is 18.8 Å². The van der Waals surface area contributed by atoms with Crippen LogP contribution in [0.3, 0.4) is 0 Å². The fraction of sp³-hybridized carbons (Fsp3) is 0.455. The summed E-state index contributed by atoms with van der Waals surface area (Å²) in [5.41, 5.74) is 0.976. The molecular weight excluding hydrogens is 210 g/mol. The molecule has 0 saturated heterocycles. The van der Waals surface area contributed by atoms with Crippen LogP contribution in [0.2, 0.25) is 0 Å². The molecule has 3 nitrogen and oxygen atoms in total. The van der Waals surface area contributed by atoms with Gasteiger partial charge in [-0.2, -0.15) is 11.8 Å². The van der Waals surface area contributed by atoms with Crippen molar-refractivity contribution < 1.29 is 9.90 Å². The summed E-state index contributed by atoms with van der Waals surface area (Å²) in [5, 5.41) is 8.90. The Morgan fingerprint density at radius 2 is 2.33 bits per heavy atom. The van der Waals surface area contributed by atoms with Crippen LogP contribution in [0.5, 0.6) is 0 Å². The highest BCUT2D eigenvalue weighted by atomic mass is 32.2. The quantitative estimate of drug-likeness (QED) is 0.837. The summed E-state index contributed by atoms with van der Waals surface area (Å²) in [6.45, 7) is 4.29. The number of thioether (sulfide) groups is 1. The number of carboxylic acids is 1. The third-order valence-corrected chi connectivity index (χ3v) is 3.22. The lowest BCUT2D eigenvalue weighted by Crippen LogP contribution is -2.04. The molecule has 0 bridgehead atoms. The number of rotatable bonds is 5. The van der Waals surface area contributed by atoms with Gasteiger partial charge in [-0.25, -0.2) is 9.78 Å².